The average Bonchev–Trinajstić information content (AvgIpc) is 2.92. The van der Waals surface area contributed by atoms with Gasteiger partial charge in [0, 0.05) is 38.0 Å². The summed E-state index contributed by atoms with van der Waals surface area (Å²) in [6, 6.07) is 12.1. The number of benzene rings is 2. The first-order valence-electron chi connectivity index (χ1n) is 7.93. The lowest BCUT2D eigenvalue weighted by atomic mass is 10.2. The molecule has 0 bridgehead atoms. The number of hydrogen-bond donors (Lipinski definition) is 2. The summed E-state index contributed by atoms with van der Waals surface area (Å²) >= 11 is 0. The van der Waals surface area contributed by atoms with E-state index in [-0.39, 0.29) is 11.7 Å². The number of aromatic nitrogens is 1. The number of methoxy groups -OCH3 is 1. The minimum Gasteiger partial charge on any atom is -0.494 e. The molecule has 130 valence electrons. The molecule has 3 aromatic rings. The zero-order chi connectivity index (χ0) is 17.8. The summed E-state index contributed by atoms with van der Waals surface area (Å²) in [6.07, 6.45) is 1.58. The van der Waals surface area contributed by atoms with Crippen molar-refractivity contribution in [3.8, 4) is 5.88 Å². The van der Waals surface area contributed by atoms with Crippen LogP contribution in [0.4, 0.5) is 15.8 Å². The van der Waals surface area contributed by atoms with Crippen LogP contribution in [-0.2, 0) is 4.74 Å². The Hall–Kier alpha value is -2.86. The van der Waals surface area contributed by atoms with Crippen LogP contribution in [0.2, 0.25) is 0 Å². The van der Waals surface area contributed by atoms with E-state index >= 15 is 0 Å². The molecule has 5 nitrogen and oxygen atoms in total. The van der Waals surface area contributed by atoms with Crippen LogP contribution in [0.5, 0.6) is 5.88 Å². The van der Waals surface area contributed by atoms with Crippen molar-refractivity contribution in [3.63, 3.8) is 0 Å². The number of hydrogen-bond acceptors (Lipinski definition) is 4. The van der Waals surface area contributed by atoms with Crippen molar-refractivity contribution in [2.45, 2.75) is 0 Å². The molecule has 0 fully saturated rings. The molecule has 0 saturated carbocycles. The summed E-state index contributed by atoms with van der Waals surface area (Å²) in [5.74, 6) is -0.384. The Morgan fingerprint density at radius 3 is 2.72 bits per heavy atom. The smallest absolute Gasteiger partial charge is 0.198 e. The highest BCUT2D eigenvalue weighted by Crippen LogP contribution is 2.27. The van der Waals surface area contributed by atoms with Crippen LogP contribution in [0.25, 0.3) is 10.9 Å². The molecule has 2 aromatic carbocycles. The van der Waals surface area contributed by atoms with E-state index in [1.165, 1.54) is 12.1 Å². The minimum absolute atomic E-state index is 0.0275. The molecule has 2 N–H and O–H groups in total. The lowest BCUT2D eigenvalue weighted by Gasteiger charge is -2.18. The van der Waals surface area contributed by atoms with Crippen LogP contribution < -0.4 is 4.90 Å². The summed E-state index contributed by atoms with van der Waals surface area (Å²) in [5.41, 5.74) is 2.91. The lowest BCUT2D eigenvalue weighted by molar-refractivity contribution is 0.206. The van der Waals surface area contributed by atoms with Crippen LogP contribution >= 0.6 is 0 Å². The van der Waals surface area contributed by atoms with E-state index in [1.54, 1.807) is 19.4 Å². The molecule has 0 aliphatic rings. The Morgan fingerprint density at radius 1 is 1.24 bits per heavy atom. The quantitative estimate of drug-likeness (QED) is 0.670. The molecular weight excluding hydrogens is 321 g/mol. The van der Waals surface area contributed by atoms with Crippen LogP contribution in [0.15, 0.2) is 47.5 Å². The van der Waals surface area contributed by atoms with Crippen molar-refractivity contribution >= 4 is 28.5 Å². The van der Waals surface area contributed by atoms with Gasteiger partial charge in [-0.15, -0.1) is 0 Å². The number of ether oxygens (including phenoxy) is 1. The summed E-state index contributed by atoms with van der Waals surface area (Å²) in [5, 5.41) is 10.7. The third-order valence-electron chi connectivity index (χ3n) is 4.04. The summed E-state index contributed by atoms with van der Waals surface area (Å²) in [7, 11) is 3.68. The monoisotopic (exact) mass is 341 g/mol. The topological polar surface area (TPSA) is 60.9 Å². The molecule has 0 aliphatic carbocycles. The molecule has 1 aromatic heterocycles. The second-order valence-corrected chi connectivity index (χ2v) is 5.77. The highest BCUT2D eigenvalue weighted by atomic mass is 19.1. The van der Waals surface area contributed by atoms with E-state index in [0.29, 0.717) is 17.7 Å². The summed E-state index contributed by atoms with van der Waals surface area (Å²) in [4.78, 5) is 9.25. The Balaban J connectivity index is 1.79. The molecule has 6 heteroatoms. The van der Waals surface area contributed by atoms with E-state index in [9.17, 15) is 9.50 Å². The first-order valence-corrected chi connectivity index (χ1v) is 7.93. The largest absolute Gasteiger partial charge is 0.494 e. The van der Waals surface area contributed by atoms with E-state index < -0.39 is 0 Å². The van der Waals surface area contributed by atoms with Gasteiger partial charge in [-0.3, -0.25) is 4.99 Å². The Bertz CT molecular complexity index is 888. The van der Waals surface area contributed by atoms with Gasteiger partial charge in [0.2, 0.25) is 0 Å². The molecule has 0 spiro atoms. The highest BCUT2D eigenvalue weighted by molar-refractivity contribution is 6.02. The number of likely N-dealkylation sites (N-methyl/N-ethyl adjacent to an activating group) is 1. The molecule has 0 saturated heterocycles. The predicted molar refractivity (Wildman–Crippen MR) is 98.8 cm³/mol. The number of halogens is 1. The van der Waals surface area contributed by atoms with Crippen molar-refractivity contribution < 1.29 is 14.2 Å². The second kappa shape index (κ2) is 7.36. The number of anilines is 1. The number of fused-ring (bicyclic) bond motifs is 1. The van der Waals surface area contributed by atoms with Crippen molar-refractivity contribution in [1.82, 2.24) is 4.98 Å². The molecule has 3 rings (SSSR count). The fourth-order valence-electron chi connectivity index (χ4n) is 2.60. The standard InChI is InChI=1S/C19H20FN3O2/c1-23(9-10-25-2)15-6-4-14(5-7-15)21-12-17-16-8-3-13(20)11-18(16)22-19(17)24/h3-8,11-12,22,24H,9-10H2,1-2H3. The molecule has 1 heterocycles. The number of rotatable bonds is 6. The Labute approximate surface area is 145 Å². The molecule has 0 radical (unpaired) electrons. The van der Waals surface area contributed by atoms with Crippen LogP contribution in [0.1, 0.15) is 5.56 Å². The maximum absolute atomic E-state index is 13.3. The molecule has 25 heavy (non-hydrogen) atoms. The van der Waals surface area contributed by atoms with Crippen LogP contribution in [0, 0.1) is 5.82 Å². The molecule has 0 amide bonds. The zero-order valence-electron chi connectivity index (χ0n) is 14.2. The van der Waals surface area contributed by atoms with Crippen molar-refractivity contribution in [2.75, 3.05) is 32.2 Å². The normalized spacial score (nSPS) is 11.5. The van der Waals surface area contributed by atoms with Gasteiger partial charge in [-0.1, -0.05) is 0 Å². The number of nitrogens with one attached hydrogen (secondary N) is 1. The van der Waals surface area contributed by atoms with Gasteiger partial charge < -0.3 is 19.7 Å². The van der Waals surface area contributed by atoms with E-state index in [0.717, 1.165) is 23.3 Å². The average molecular weight is 341 g/mol. The van der Waals surface area contributed by atoms with Crippen LogP contribution in [-0.4, -0.2) is 43.6 Å². The third kappa shape index (κ3) is 3.80. The number of aromatic amines is 1. The van der Waals surface area contributed by atoms with Gasteiger partial charge in [-0.05, 0) is 42.5 Å². The van der Waals surface area contributed by atoms with Crippen molar-refractivity contribution in [2.24, 2.45) is 4.99 Å². The Morgan fingerprint density at radius 2 is 2.00 bits per heavy atom. The number of aliphatic imine (C=N–C) groups is 1. The third-order valence-corrected chi connectivity index (χ3v) is 4.04. The number of nitrogens with zero attached hydrogens (tertiary/aromatic N) is 2. The molecule has 0 atom stereocenters. The summed E-state index contributed by atoms with van der Waals surface area (Å²) in [6.45, 7) is 1.47. The minimum atomic E-state index is -0.356. The summed E-state index contributed by atoms with van der Waals surface area (Å²) < 4.78 is 18.3. The van der Waals surface area contributed by atoms with Crippen molar-refractivity contribution in [3.05, 3.63) is 53.8 Å². The lowest BCUT2D eigenvalue weighted by Crippen LogP contribution is -2.21. The number of aromatic hydroxyl groups is 1. The van der Waals surface area contributed by atoms with E-state index in [1.807, 2.05) is 31.3 Å². The maximum atomic E-state index is 13.3. The highest BCUT2D eigenvalue weighted by Gasteiger charge is 2.09. The molecule has 0 aliphatic heterocycles. The Kier molecular flexibility index (Phi) is 5.00. The predicted octanol–water partition coefficient (Wildman–Crippen LogP) is 3.85. The van der Waals surface area contributed by atoms with Gasteiger partial charge in [0.25, 0.3) is 0 Å². The number of H-pyrrole nitrogens is 1. The maximum Gasteiger partial charge on any atom is 0.198 e. The fraction of sp³-hybridized carbons (Fsp3) is 0.211. The van der Waals surface area contributed by atoms with Gasteiger partial charge in [0.15, 0.2) is 5.88 Å². The first kappa shape index (κ1) is 17.0. The van der Waals surface area contributed by atoms with Gasteiger partial charge in [0.1, 0.15) is 5.82 Å². The van der Waals surface area contributed by atoms with E-state index in [2.05, 4.69) is 14.9 Å². The fourth-order valence-corrected chi connectivity index (χ4v) is 2.60. The first-order chi connectivity index (χ1) is 12.1. The zero-order valence-corrected chi connectivity index (χ0v) is 14.2. The van der Waals surface area contributed by atoms with Crippen LogP contribution in [0.3, 0.4) is 0 Å². The molecule has 0 unspecified atom stereocenters. The van der Waals surface area contributed by atoms with E-state index in [4.69, 9.17) is 4.74 Å². The van der Waals surface area contributed by atoms with Gasteiger partial charge >= 0.3 is 0 Å². The van der Waals surface area contributed by atoms with Crippen molar-refractivity contribution in [1.29, 1.82) is 0 Å². The molecular formula is C19H20FN3O2. The van der Waals surface area contributed by atoms with Gasteiger partial charge in [-0.2, -0.15) is 0 Å². The van der Waals surface area contributed by atoms with Gasteiger partial charge in [0.05, 0.1) is 23.4 Å². The SMILES string of the molecule is COCCN(C)c1ccc(N=Cc2c(O)[nH]c3cc(F)ccc23)cc1. The van der Waals surface area contributed by atoms with Gasteiger partial charge in [-0.25, -0.2) is 4.39 Å². The second-order valence-electron chi connectivity index (χ2n) is 5.77.